The minimum Gasteiger partial charge on any atom is -0.477 e. The molecule has 2 rings (SSSR count). The quantitative estimate of drug-likeness (QED) is 0.388. The number of nitrogens with two attached hydrogens (primary N) is 1. The summed E-state index contributed by atoms with van der Waals surface area (Å²) in [6, 6.07) is 7.49. The van der Waals surface area contributed by atoms with E-state index in [1.54, 1.807) is 11.8 Å². The molecule has 0 unspecified atom stereocenters. The summed E-state index contributed by atoms with van der Waals surface area (Å²) in [4.78, 5) is 24.8. The number of ether oxygens (including phenoxy) is 1. The van der Waals surface area contributed by atoms with Crippen LogP contribution in [0.3, 0.4) is 0 Å². The number of thioether (sulfide) groups is 1. The smallest absolute Gasteiger partial charge is 0.275 e. The number of nitrogens with one attached hydrogen (secondary N) is 1. The lowest BCUT2D eigenvalue weighted by Gasteiger charge is -2.07. The Morgan fingerprint density at radius 2 is 2.15 bits per heavy atom. The predicted molar refractivity (Wildman–Crippen MR) is 110 cm³/mol. The number of hydrogen-bond acceptors (Lipinski definition) is 6. The lowest BCUT2D eigenvalue weighted by atomic mass is 10.2. The van der Waals surface area contributed by atoms with Crippen LogP contribution in [0.1, 0.15) is 42.7 Å². The average Bonchev–Trinajstić information content (AvgIpc) is 2.68. The van der Waals surface area contributed by atoms with Gasteiger partial charge in [-0.3, -0.25) is 9.79 Å². The maximum absolute atomic E-state index is 12.3. The van der Waals surface area contributed by atoms with Crippen LogP contribution < -0.4 is 15.8 Å². The number of nitrogens with zero attached hydrogens (tertiary/aromatic N) is 3. The van der Waals surface area contributed by atoms with E-state index < -0.39 is 0 Å². The highest BCUT2D eigenvalue weighted by Gasteiger charge is 2.09. The molecule has 27 heavy (non-hydrogen) atoms. The van der Waals surface area contributed by atoms with Gasteiger partial charge in [-0.2, -0.15) is 0 Å². The molecule has 8 heteroatoms. The van der Waals surface area contributed by atoms with Crippen molar-refractivity contribution in [2.24, 2.45) is 10.7 Å². The number of benzene rings is 1. The van der Waals surface area contributed by atoms with Crippen LogP contribution in [0.5, 0.6) is 5.88 Å². The number of unbranched alkanes of at least 4 members (excludes halogenated alkanes) is 1. The van der Waals surface area contributed by atoms with Crippen LogP contribution in [0.15, 0.2) is 41.7 Å². The summed E-state index contributed by atoms with van der Waals surface area (Å²) in [6.45, 7) is 4.97. The lowest BCUT2D eigenvalue weighted by Crippen LogP contribution is -2.14. The number of anilines is 1. The van der Waals surface area contributed by atoms with E-state index in [2.05, 4.69) is 27.2 Å². The molecule has 0 aliphatic rings. The van der Waals surface area contributed by atoms with Crippen molar-refractivity contribution in [3.63, 3.8) is 0 Å². The third-order valence-corrected chi connectivity index (χ3v) is 4.42. The Hall–Kier alpha value is -2.61. The fraction of sp³-hybridized carbons (Fsp3) is 0.368. The number of rotatable bonds is 9. The second-order valence-electron chi connectivity index (χ2n) is 5.68. The first-order valence-electron chi connectivity index (χ1n) is 8.90. The average molecular weight is 388 g/mol. The fourth-order valence-corrected chi connectivity index (χ4v) is 2.93. The van der Waals surface area contributed by atoms with Gasteiger partial charge in [-0.25, -0.2) is 9.97 Å². The van der Waals surface area contributed by atoms with E-state index in [0.29, 0.717) is 29.9 Å². The first-order valence-corrected chi connectivity index (χ1v) is 9.88. The lowest BCUT2D eigenvalue weighted by molar-refractivity contribution is 0.102. The molecule has 0 spiro atoms. The Balaban J connectivity index is 1.94. The Kier molecular flexibility index (Phi) is 8.57. The number of carbonyl (C=O) groups is 1. The van der Waals surface area contributed by atoms with Crippen molar-refractivity contribution in [3.8, 4) is 5.88 Å². The van der Waals surface area contributed by atoms with Gasteiger partial charge in [-0.05, 0) is 31.0 Å². The second kappa shape index (κ2) is 11.2. The van der Waals surface area contributed by atoms with Crippen molar-refractivity contribution in [3.05, 3.63) is 47.9 Å². The van der Waals surface area contributed by atoms with Crippen LogP contribution in [0.2, 0.25) is 0 Å². The van der Waals surface area contributed by atoms with Crippen LogP contribution in [-0.4, -0.2) is 33.4 Å². The molecule has 0 bridgehead atoms. The summed E-state index contributed by atoms with van der Waals surface area (Å²) in [7, 11) is 0. The monoisotopic (exact) mass is 387 g/mol. The Morgan fingerprint density at radius 3 is 2.85 bits per heavy atom. The van der Waals surface area contributed by atoms with Gasteiger partial charge in [-0.15, -0.1) is 0 Å². The number of amides is 1. The van der Waals surface area contributed by atoms with E-state index in [1.807, 2.05) is 31.2 Å². The molecular formula is C19H25N5O2S. The summed E-state index contributed by atoms with van der Waals surface area (Å²) in [5, 5.41) is 3.40. The topological polar surface area (TPSA) is 102 Å². The number of amidine groups is 1. The molecule has 1 aromatic heterocycles. The van der Waals surface area contributed by atoms with Crippen molar-refractivity contribution in [1.29, 1.82) is 0 Å². The molecule has 0 saturated carbocycles. The van der Waals surface area contributed by atoms with Crippen LogP contribution in [0.4, 0.5) is 5.69 Å². The highest BCUT2D eigenvalue weighted by Crippen LogP contribution is 2.14. The highest BCUT2D eigenvalue weighted by atomic mass is 32.2. The van der Waals surface area contributed by atoms with E-state index in [1.165, 1.54) is 12.4 Å². The molecule has 0 aliphatic heterocycles. The largest absolute Gasteiger partial charge is 0.477 e. The zero-order valence-corrected chi connectivity index (χ0v) is 16.5. The zero-order valence-electron chi connectivity index (χ0n) is 15.6. The van der Waals surface area contributed by atoms with Crippen LogP contribution in [0.25, 0.3) is 0 Å². The molecule has 0 aliphatic carbocycles. The van der Waals surface area contributed by atoms with Crippen molar-refractivity contribution >= 4 is 28.5 Å². The van der Waals surface area contributed by atoms with Crippen LogP contribution in [-0.2, 0) is 6.54 Å². The Morgan fingerprint density at radius 1 is 1.30 bits per heavy atom. The standard InChI is InChI=1S/C19H25N5O2S/c1-3-5-9-27-19(20)23-11-14-7-6-8-15(10-14)24-18(25)16-12-22-17(13-21-16)26-4-2/h6-8,10,12-13H,3-5,9,11H2,1-2H3,(H2,20,23)(H,24,25). The van der Waals surface area contributed by atoms with E-state index in [-0.39, 0.29) is 11.6 Å². The molecule has 2 aromatic rings. The Bertz CT molecular complexity index is 765. The van der Waals surface area contributed by atoms with E-state index in [0.717, 1.165) is 24.2 Å². The molecule has 1 amide bonds. The molecule has 0 saturated heterocycles. The fourth-order valence-electron chi connectivity index (χ4n) is 2.13. The summed E-state index contributed by atoms with van der Waals surface area (Å²) < 4.78 is 5.22. The van der Waals surface area contributed by atoms with Crippen LogP contribution in [0, 0.1) is 0 Å². The normalized spacial score (nSPS) is 11.3. The first-order chi connectivity index (χ1) is 13.1. The van der Waals surface area contributed by atoms with E-state index in [9.17, 15) is 4.79 Å². The molecule has 3 N–H and O–H groups in total. The van der Waals surface area contributed by atoms with Crippen molar-refractivity contribution in [1.82, 2.24) is 9.97 Å². The summed E-state index contributed by atoms with van der Waals surface area (Å²) >= 11 is 1.57. The van der Waals surface area contributed by atoms with Gasteiger partial charge in [-0.1, -0.05) is 37.2 Å². The van der Waals surface area contributed by atoms with Gasteiger partial charge in [0.15, 0.2) is 5.17 Å². The third-order valence-electron chi connectivity index (χ3n) is 3.50. The number of aliphatic imine (C=N–C) groups is 1. The number of carbonyl (C=O) groups excluding carboxylic acids is 1. The van der Waals surface area contributed by atoms with Crippen LogP contribution >= 0.6 is 11.8 Å². The van der Waals surface area contributed by atoms with Gasteiger partial charge in [0.25, 0.3) is 5.91 Å². The van der Waals surface area contributed by atoms with E-state index >= 15 is 0 Å². The van der Waals surface area contributed by atoms with Gasteiger partial charge in [0, 0.05) is 11.4 Å². The molecule has 0 atom stereocenters. The third kappa shape index (κ3) is 7.26. The predicted octanol–water partition coefficient (Wildman–Crippen LogP) is 3.48. The van der Waals surface area contributed by atoms with Crippen molar-refractivity contribution in [2.45, 2.75) is 33.2 Å². The molecule has 1 aromatic carbocycles. The minimum absolute atomic E-state index is 0.221. The molecular weight excluding hydrogens is 362 g/mol. The summed E-state index contributed by atoms with van der Waals surface area (Å²) in [6.07, 6.45) is 5.09. The van der Waals surface area contributed by atoms with Gasteiger partial charge < -0.3 is 15.8 Å². The molecule has 0 radical (unpaired) electrons. The van der Waals surface area contributed by atoms with Crippen molar-refractivity contribution in [2.75, 3.05) is 17.7 Å². The zero-order chi connectivity index (χ0) is 19.5. The molecule has 0 fully saturated rings. The van der Waals surface area contributed by atoms with E-state index in [4.69, 9.17) is 10.5 Å². The number of aromatic nitrogens is 2. The molecule has 1 heterocycles. The maximum Gasteiger partial charge on any atom is 0.275 e. The number of hydrogen-bond donors (Lipinski definition) is 2. The van der Waals surface area contributed by atoms with Crippen molar-refractivity contribution < 1.29 is 9.53 Å². The molecule has 7 nitrogen and oxygen atoms in total. The maximum atomic E-state index is 12.3. The highest BCUT2D eigenvalue weighted by molar-refractivity contribution is 8.13. The van der Waals surface area contributed by atoms with Gasteiger partial charge >= 0.3 is 0 Å². The first kappa shape index (κ1) is 20.7. The summed E-state index contributed by atoms with van der Waals surface area (Å²) in [5.74, 6) is 1.04. The SMILES string of the molecule is CCCCS/C(N)=N\Cc1cccc(NC(=O)c2cnc(OCC)cn2)c1. The Labute approximate surface area is 163 Å². The second-order valence-corrected chi connectivity index (χ2v) is 6.80. The van der Waals surface area contributed by atoms with Gasteiger partial charge in [0.2, 0.25) is 5.88 Å². The summed E-state index contributed by atoms with van der Waals surface area (Å²) in [5.41, 5.74) is 7.76. The minimum atomic E-state index is -0.333. The van der Waals surface area contributed by atoms with Gasteiger partial charge in [0.1, 0.15) is 5.69 Å². The van der Waals surface area contributed by atoms with Gasteiger partial charge in [0.05, 0.1) is 25.5 Å². The molecule has 144 valence electrons.